The Hall–Kier alpha value is -2.28. The summed E-state index contributed by atoms with van der Waals surface area (Å²) in [6.45, 7) is 4.74. The maximum atomic E-state index is 13.1. The lowest BCUT2D eigenvalue weighted by atomic mass is 9.92. The van der Waals surface area contributed by atoms with Crippen LogP contribution in [0.2, 0.25) is 5.02 Å². The van der Waals surface area contributed by atoms with Gasteiger partial charge in [-0.3, -0.25) is 0 Å². The Balaban J connectivity index is 1.81. The summed E-state index contributed by atoms with van der Waals surface area (Å²) in [5.41, 5.74) is 2.24. The monoisotopic (exact) mass is 408 g/mol. The zero-order valence-corrected chi connectivity index (χ0v) is 16.3. The van der Waals surface area contributed by atoms with Gasteiger partial charge in [-0.05, 0) is 48.6 Å². The molecular weight excluding hydrogens is 389 g/mol. The molecule has 1 aromatic carbocycles. The number of benzene rings is 1. The summed E-state index contributed by atoms with van der Waals surface area (Å²) < 4.78 is 39.4. The lowest BCUT2D eigenvalue weighted by Crippen LogP contribution is -2.37. The average Bonchev–Trinajstić information content (AvgIpc) is 2.99. The number of fused-ring (bicyclic) bond motifs is 3. The number of halogens is 4. The third-order valence-electron chi connectivity index (χ3n) is 5.10. The van der Waals surface area contributed by atoms with Gasteiger partial charge >= 0.3 is 6.18 Å². The van der Waals surface area contributed by atoms with E-state index in [0.717, 1.165) is 29.1 Å². The van der Waals surface area contributed by atoms with Crippen LogP contribution in [0.5, 0.6) is 0 Å². The third-order valence-corrected chi connectivity index (χ3v) is 5.33. The molecule has 1 aliphatic heterocycles. The van der Waals surface area contributed by atoms with E-state index < -0.39 is 11.9 Å². The molecular formula is C20H20ClF3N4. The Labute approximate surface area is 165 Å². The number of aromatic amines is 1. The van der Waals surface area contributed by atoms with Crippen molar-refractivity contribution in [1.29, 1.82) is 0 Å². The highest BCUT2D eigenvalue weighted by atomic mass is 35.5. The van der Waals surface area contributed by atoms with Gasteiger partial charge in [-0.2, -0.15) is 13.2 Å². The molecule has 0 bridgehead atoms. The molecule has 0 fully saturated rings. The van der Waals surface area contributed by atoms with Crippen molar-refractivity contribution >= 4 is 28.5 Å². The fourth-order valence-corrected chi connectivity index (χ4v) is 4.09. The molecule has 3 heterocycles. The van der Waals surface area contributed by atoms with E-state index in [-0.39, 0.29) is 12.0 Å². The molecule has 28 heavy (non-hydrogen) atoms. The van der Waals surface area contributed by atoms with Gasteiger partial charge in [0.1, 0.15) is 5.69 Å². The summed E-state index contributed by atoms with van der Waals surface area (Å²) in [5.74, 6) is 0.460. The summed E-state index contributed by atoms with van der Waals surface area (Å²) in [6, 6.07) is 6.49. The molecule has 8 heteroatoms. The number of anilines is 1. The molecule has 1 aliphatic rings. The van der Waals surface area contributed by atoms with E-state index in [1.54, 1.807) is 0 Å². The van der Waals surface area contributed by atoms with Crippen LogP contribution in [0, 0.1) is 5.92 Å². The molecule has 1 atom stereocenters. The van der Waals surface area contributed by atoms with E-state index in [2.05, 4.69) is 28.8 Å². The Morgan fingerprint density at radius 1 is 1.29 bits per heavy atom. The first-order valence-corrected chi connectivity index (χ1v) is 9.58. The number of nitrogens with one attached hydrogen (secondary N) is 1. The molecule has 0 aliphatic carbocycles. The second kappa shape index (κ2) is 6.95. The van der Waals surface area contributed by atoms with Crippen molar-refractivity contribution in [2.75, 3.05) is 11.4 Å². The lowest BCUT2D eigenvalue weighted by molar-refractivity contribution is -0.141. The van der Waals surface area contributed by atoms with E-state index in [0.29, 0.717) is 23.9 Å². The van der Waals surface area contributed by atoms with Gasteiger partial charge in [-0.1, -0.05) is 25.4 Å². The zero-order chi connectivity index (χ0) is 20.1. The highest BCUT2D eigenvalue weighted by Gasteiger charge is 2.36. The van der Waals surface area contributed by atoms with Crippen molar-refractivity contribution in [3.63, 3.8) is 0 Å². The van der Waals surface area contributed by atoms with Gasteiger partial charge < -0.3 is 9.88 Å². The number of rotatable bonds is 3. The summed E-state index contributed by atoms with van der Waals surface area (Å²) in [5, 5.41) is 1.74. The van der Waals surface area contributed by atoms with Gasteiger partial charge in [0.05, 0.1) is 6.04 Å². The molecule has 148 valence electrons. The van der Waals surface area contributed by atoms with Gasteiger partial charge in [0.25, 0.3) is 0 Å². The van der Waals surface area contributed by atoms with E-state index >= 15 is 0 Å². The highest BCUT2D eigenvalue weighted by Crippen LogP contribution is 2.40. The van der Waals surface area contributed by atoms with Crippen LogP contribution in [0.4, 0.5) is 19.1 Å². The van der Waals surface area contributed by atoms with Crippen molar-refractivity contribution in [3.8, 4) is 0 Å². The van der Waals surface area contributed by atoms with E-state index in [1.165, 1.54) is 11.8 Å². The Morgan fingerprint density at radius 3 is 2.79 bits per heavy atom. The van der Waals surface area contributed by atoms with Crippen LogP contribution in [0.3, 0.4) is 0 Å². The summed E-state index contributed by atoms with van der Waals surface area (Å²) in [7, 11) is 0. The maximum Gasteiger partial charge on any atom is 0.433 e. The second-order valence-corrected chi connectivity index (χ2v) is 7.97. The number of alkyl halides is 3. The van der Waals surface area contributed by atoms with Crippen LogP contribution in [-0.4, -0.2) is 21.5 Å². The second-order valence-electron chi connectivity index (χ2n) is 7.54. The van der Waals surface area contributed by atoms with E-state index in [1.807, 2.05) is 23.1 Å². The number of hydrogen-bond acceptors (Lipinski definition) is 3. The smallest absolute Gasteiger partial charge is 0.356 e. The molecule has 0 saturated heterocycles. The van der Waals surface area contributed by atoms with E-state index in [9.17, 15) is 13.2 Å². The van der Waals surface area contributed by atoms with Crippen molar-refractivity contribution in [2.45, 2.75) is 38.9 Å². The minimum atomic E-state index is -4.50. The van der Waals surface area contributed by atoms with Gasteiger partial charge in [-0.15, -0.1) is 0 Å². The van der Waals surface area contributed by atoms with Crippen LogP contribution in [-0.2, 0) is 12.6 Å². The van der Waals surface area contributed by atoms with Crippen LogP contribution in [0.15, 0.2) is 30.5 Å². The van der Waals surface area contributed by atoms with Crippen LogP contribution < -0.4 is 4.90 Å². The molecule has 0 saturated carbocycles. The molecule has 4 rings (SSSR count). The fourth-order valence-electron chi connectivity index (χ4n) is 3.91. The maximum absolute atomic E-state index is 13.1. The first-order valence-electron chi connectivity index (χ1n) is 9.21. The van der Waals surface area contributed by atoms with Crippen molar-refractivity contribution in [3.05, 3.63) is 52.4 Å². The normalized spacial score (nSPS) is 17.4. The topological polar surface area (TPSA) is 44.8 Å². The first-order chi connectivity index (χ1) is 13.2. The van der Waals surface area contributed by atoms with Gasteiger partial charge in [0, 0.05) is 34.4 Å². The minimum Gasteiger partial charge on any atom is -0.356 e. The lowest BCUT2D eigenvalue weighted by Gasteiger charge is -2.37. The number of aromatic nitrogens is 3. The predicted octanol–water partition coefficient (Wildman–Crippen LogP) is 5.78. The number of nitrogens with zero attached hydrogens (tertiary/aromatic N) is 3. The van der Waals surface area contributed by atoms with Gasteiger partial charge in [0.2, 0.25) is 5.95 Å². The Bertz CT molecular complexity index is 1010. The molecule has 1 N–H and O–H groups in total. The van der Waals surface area contributed by atoms with Crippen LogP contribution >= 0.6 is 11.6 Å². The average molecular weight is 409 g/mol. The molecule has 3 aromatic rings. The number of hydrogen-bond donors (Lipinski definition) is 1. The molecule has 2 aromatic heterocycles. The highest BCUT2D eigenvalue weighted by molar-refractivity contribution is 6.31. The number of H-pyrrole nitrogens is 1. The van der Waals surface area contributed by atoms with E-state index in [4.69, 9.17) is 11.6 Å². The predicted molar refractivity (Wildman–Crippen MR) is 104 cm³/mol. The first kappa shape index (κ1) is 19.1. The Morgan fingerprint density at radius 2 is 2.07 bits per heavy atom. The minimum absolute atomic E-state index is 0.114. The Kier molecular flexibility index (Phi) is 4.73. The zero-order valence-electron chi connectivity index (χ0n) is 15.5. The van der Waals surface area contributed by atoms with Crippen LogP contribution in [0.1, 0.15) is 43.3 Å². The quantitative estimate of drug-likeness (QED) is 0.597. The summed E-state index contributed by atoms with van der Waals surface area (Å²) >= 11 is 6.17. The molecule has 0 spiro atoms. The summed E-state index contributed by atoms with van der Waals surface area (Å²) in [6.07, 6.45) is -1.86. The summed E-state index contributed by atoms with van der Waals surface area (Å²) in [4.78, 5) is 13.3. The molecule has 4 nitrogen and oxygen atoms in total. The van der Waals surface area contributed by atoms with Crippen LogP contribution in [0.25, 0.3) is 10.9 Å². The largest absolute Gasteiger partial charge is 0.433 e. The van der Waals surface area contributed by atoms with Crippen molar-refractivity contribution in [1.82, 2.24) is 15.0 Å². The van der Waals surface area contributed by atoms with Crippen molar-refractivity contribution in [2.24, 2.45) is 5.92 Å². The third kappa shape index (κ3) is 3.43. The van der Waals surface area contributed by atoms with Gasteiger partial charge in [0.15, 0.2) is 0 Å². The molecule has 0 amide bonds. The standard InChI is InChI=1S/C20H20ClF3N4/c1-11(2)9-16-18-13(14-10-12(21)3-4-15(14)26-18)6-8-28(16)19-25-7-5-17(27-19)20(22,23)24/h3-5,7,10-11,16,26H,6,8-9H2,1-2H3/t16-/m0/s1. The SMILES string of the molecule is CC(C)C[C@H]1c2[nH]c3ccc(Cl)cc3c2CCN1c1nccc(C(F)(F)F)n1. The van der Waals surface area contributed by atoms with Crippen molar-refractivity contribution < 1.29 is 13.2 Å². The van der Waals surface area contributed by atoms with Gasteiger partial charge in [-0.25, -0.2) is 9.97 Å². The molecule has 0 unspecified atom stereocenters. The fraction of sp³-hybridized carbons (Fsp3) is 0.400. The molecule has 0 radical (unpaired) electrons.